The Labute approximate surface area is 160 Å². The summed E-state index contributed by atoms with van der Waals surface area (Å²) in [6.45, 7) is 7.60. The normalized spacial score (nSPS) is 11.9. The molecule has 0 fully saturated rings. The van der Waals surface area contributed by atoms with E-state index >= 15 is 0 Å². The van der Waals surface area contributed by atoms with Gasteiger partial charge in [-0.3, -0.25) is 9.59 Å². The van der Waals surface area contributed by atoms with Gasteiger partial charge < -0.3 is 16.4 Å². The van der Waals surface area contributed by atoms with Gasteiger partial charge in [0.15, 0.2) is 0 Å². The molecule has 26 heavy (non-hydrogen) atoms. The minimum Gasteiger partial charge on any atom is -0.324 e. The van der Waals surface area contributed by atoms with E-state index in [2.05, 4.69) is 10.6 Å². The van der Waals surface area contributed by atoms with E-state index in [9.17, 15) is 9.59 Å². The number of carbonyl (C=O) groups is 2. The molecule has 140 valence electrons. The minimum absolute atomic E-state index is 0. The minimum atomic E-state index is -0.630. The van der Waals surface area contributed by atoms with Gasteiger partial charge in [-0.05, 0) is 42.2 Å². The van der Waals surface area contributed by atoms with Gasteiger partial charge in [-0.1, -0.05) is 45.0 Å². The van der Waals surface area contributed by atoms with Crippen LogP contribution in [0.4, 0.5) is 11.4 Å². The van der Waals surface area contributed by atoms with E-state index in [4.69, 9.17) is 5.73 Å². The molecule has 4 N–H and O–H groups in total. The van der Waals surface area contributed by atoms with Gasteiger partial charge >= 0.3 is 0 Å². The van der Waals surface area contributed by atoms with Crippen LogP contribution < -0.4 is 16.4 Å². The molecule has 0 spiro atoms. The lowest BCUT2D eigenvalue weighted by molar-refractivity contribution is -0.119. The van der Waals surface area contributed by atoms with Crippen molar-refractivity contribution in [3.63, 3.8) is 0 Å². The predicted octanol–water partition coefficient (Wildman–Crippen LogP) is 3.98. The van der Waals surface area contributed by atoms with Crippen LogP contribution in [0.3, 0.4) is 0 Å². The van der Waals surface area contributed by atoms with Crippen LogP contribution in [0.1, 0.15) is 36.7 Å². The first-order valence-electron chi connectivity index (χ1n) is 8.22. The van der Waals surface area contributed by atoms with Crippen LogP contribution in [0, 0.1) is 12.3 Å². The van der Waals surface area contributed by atoms with Crippen LogP contribution in [0.25, 0.3) is 0 Å². The van der Waals surface area contributed by atoms with Crippen LogP contribution in [0.15, 0.2) is 48.5 Å². The van der Waals surface area contributed by atoms with Crippen molar-refractivity contribution in [2.75, 3.05) is 10.6 Å². The molecule has 0 radical (unpaired) electrons. The van der Waals surface area contributed by atoms with Gasteiger partial charge in [-0.25, -0.2) is 0 Å². The maximum atomic E-state index is 12.3. The second-order valence-corrected chi connectivity index (χ2v) is 7.13. The highest BCUT2D eigenvalue weighted by atomic mass is 35.5. The molecule has 2 amide bonds. The molecule has 2 rings (SSSR count). The van der Waals surface area contributed by atoms with E-state index in [0.717, 1.165) is 5.56 Å². The highest BCUT2D eigenvalue weighted by Gasteiger charge is 2.27. The SMILES string of the molecule is Cc1c(NC(=O)c2ccccc2)cccc1NC(=O)[C@@H](N)C(C)(C)C.Cl. The number of halogens is 1. The van der Waals surface area contributed by atoms with Crippen LogP contribution in [-0.2, 0) is 4.79 Å². The number of carbonyl (C=O) groups excluding carboxylic acids is 2. The zero-order valence-corrected chi connectivity index (χ0v) is 16.3. The molecule has 0 aliphatic rings. The largest absolute Gasteiger partial charge is 0.324 e. The Morgan fingerprint density at radius 1 is 0.923 bits per heavy atom. The lowest BCUT2D eigenvalue weighted by Crippen LogP contribution is -2.45. The Bertz CT molecular complexity index is 770. The van der Waals surface area contributed by atoms with Gasteiger partial charge in [-0.2, -0.15) is 0 Å². The molecular formula is C20H26ClN3O2. The first-order chi connectivity index (χ1) is 11.7. The molecule has 0 saturated carbocycles. The van der Waals surface area contributed by atoms with E-state index in [1.165, 1.54) is 0 Å². The van der Waals surface area contributed by atoms with E-state index in [0.29, 0.717) is 16.9 Å². The van der Waals surface area contributed by atoms with Crippen LogP contribution >= 0.6 is 12.4 Å². The molecule has 6 heteroatoms. The number of nitrogens with two attached hydrogens (primary N) is 1. The third kappa shape index (κ3) is 5.31. The van der Waals surface area contributed by atoms with Gasteiger partial charge in [0.25, 0.3) is 5.91 Å². The Balaban J connectivity index is 0.00000338. The number of amides is 2. The van der Waals surface area contributed by atoms with Gasteiger partial charge in [0.05, 0.1) is 6.04 Å². The summed E-state index contributed by atoms with van der Waals surface area (Å²) in [5, 5.41) is 5.73. The monoisotopic (exact) mass is 375 g/mol. The smallest absolute Gasteiger partial charge is 0.255 e. The summed E-state index contributed by atoms with van der Waals surface area (Å²) >= 11 is 0. The molecule has 0 bridgehead atoms. The van der Waals surface area contributed by atoms with E-state index in [-0.39, 0.29) is 29.6 Å². The number of rotatable bonds is 4. The Kier molecular flexibility index (Phi) is 7.36. The fraction of sp³-hybridized carbons (Fsp3) is 0.300. The first kappa shape index (κ1) is 21.7. The van der Waals surface area contributed by atoms with Crippen molar-refractivity contribution in [1.29, 1.82) is 0 Å². The fourth-order valence-corrected chi connectivity index (χ4v) is 2.29. The topological polar surface area (TPSA) is 84.2 Å². The second-order valence-electron chi connectivity index (χ2n) is 7.13. The lowest BCUT2D eigenvalue weighted by Gasteiger charge is -2.26. The Morgan fingerprint density at radius 3 is 2.00 bits per heavy atom. The van der Waals surface area contributed by atoms with E-state index in [1.807, 2.05) is 45.9 Å². The molecule has 0 aromatic heterocycles. The molecule has 5 nitrogen and oxygen atoms in total. The maximum Gasteiger partial charge on any atom is 0.255 e. The number of hydrogen-bond acceptors (Lipinski definition) is 3. The molecule has 0 saturated heterocycles. The molecule has 0 unspecified atom stereocenters. The highest BCUT2D eigenvalue weighted by Crippen LogP contribution is 2.25. The summed E-state index contributed by atoms with van der Waals surface area (Å²) in [6.07, 6.45) is 0. The molecular weight excluding hydrogens is 350 g/mol. The first-order valence-corrected chi connectivity index (χ1v) is 8.22. The number of nitrogens with one attached hydrogen (secondary N) is 2. The summed E-state index contributed by atoms with van der Waals surface area (Å²) in [6, 6.07) is 13.7. The van der Waals surface area contributed by atoms with Gasteiger partial charge in [0, 0.05) is 16.9 Å². The molecule has 2 aromatic carbocycles. The number of anilines is 2. The Morgan fingerprint density at radius 2 is 1.46 bits per heavy atom. The number of hydrogen-bond donors (Lipinski definition) is 3. The van der Waals surface area contributed by atoms with Crippen LogP contribution in [0.5, 0.6) is 0 Å². The molecule has 1 atom stereocenters. The molecule has 0 heterocycles. The predicted molar refractivity (Wildman–Crippen MR) is 109 cm³/mol. The van der Waals surface area contributed by atoms with E-state index < -0.39 is 6.04 Å². The summed E-state index contributed by atoms with van der Waals surface area (Å²) in [4.78, 5) is 24.7. The van der Waals surface area contributed by atoms with Crippen molar-refractivity contribution >= 4 is 35.6 Å². The van der Waals surface area contributed by atoms with Crippen molar-refractivity contribution in [3.8, 4) is 0 Å². The van der Waals surface area contributed by atoms with Crippen molar-refractivity contribution in [3.05, 3.63) is 59.7 Å². The van der Waals surface area contributed by atoms with Crippen molar-refractivity contribution in [2.45, 2.75) is 33.7 Å². The lowest BCUT2D eigenvalue weighted by atomic mass is 9.87. The summed E-state index contributed by atoms with van der Waals surface area (Å²) < 4.78 is 0. The molecule has 0 aliphatic heterocycles. The quantitative estimate of drug-likeness (QED) is 0.755. The summed E-state index contributed by atoms with van der Waals surface area (Å²) in [7, 11) is 0. The third-order valence-electron chi connectivity index (χ3n) is 4.09. The average molecular weight is 376 g/mol. The summed E-state index contributed by atoms with van der Waals surface area (Å²) in [5.41, 5.74) is 8.31. The fourth-order valence-electron chi connectivity index (χ4n) is 2.29. The summed E-state index contributed by atoms with van der Waals surface area (Å²) in [5.74, 6) is -0.444. The maximum absolute atomic E-state index is 12.3. The van der Waals surface area contributed by atoms with Crippen molar-refractivity contribution < 1.29 is 9.59 Å². The van der Waals surface area contributed by atoms with E-state index in [1.54, 1.807) is 30.3 Å². The Hall–Kier alpha value is -2.37. The zero-order chi connectivity index (χ0) is 18.6. The number of benzene rings is 2. The van der Waals surface area contributed by atoms with Crippen LogP contribution in [0.2, 0.25) is 0 Å². The molecule has 0 aliphatic carbocycles. The standard InChI is InChI=1S/C20H25N3O2.ClH/c1-13-15(22-18(24)14-9-6-5-7-10-14)11-8-12-16(13)23-19(25)17(21)20(2,3)4;/h5-12,17H,21H2,1-4H3,(H,22,24)(H,23,25);1H/t17-;/m1./s1. The van der Waals surface area contributed by atoms with Crippen molar-refractivity contribution in [1.82, 2.24) is 0 Å². The van der Waals surface area contributed by atoms with Crippen LogP contribution in [-0.4, -0.2) is 17.9 Å². The highest BCUT2D eigenvalue weighted by molar-refractivity contribution is 6.05. The van der Waals surface area contributed by atoms with Gasteiger partial charge in [-0.15, -0.1) is 12.4 Å². The van der Waals surface area contributed by atoms with Gasteiger partial charge in [0.1, 0.15) is 0 Å². The third-order valence-corrected chi connectivity index (χ3v) is 4.09. The van der Waals surface area contributed by atoms with Crippen molar-refractivity contribution in [2.24, 2.45) is 11.1 Å². The second kappa shape index (κ2) is 8.83. The zero-order valence-electron chi connectivity index (χ0n) is 15.5. The molecule has 2 aromatic rings. The van der Waals surface area contributed by atoms with Gasteiger partial charge in [0.2, 0.25) is 5.91 Å². The average Bonchev–Trinajstić information content (AvgIpc) is 2.57.